The molecule has 0 aliphatic heterocycles. The first-order valence-electron chi connectivity index (χ1n) is 8.71. The van der Waals surface area contributed by atoms with E-state index in [1.807, 2.05) is 28.8 Å². The van der Waals surface area contributed by atoms with Gasteiger partial charge in [0.15, 0.2) is 5.16 Å². The Balaban J connectivity index is 2.04. The second-order valence-electron chi connectivity index (χ2n) is 6.22. The molecule has 2 aromatic rings. The van der Waals surface area contributed by atoms with Gasteiger partial charge in [0.2, 0.25) is 5.91 Å². The van der Waals surface area contributed by atoms with Gasteiger partial charge in [0.1, 0.15) is 6.33 Å². The monoisotopic (exact) mass is 382 g/mol. The van der Waals surface area contributed by atoms with Crippen LogP contribution in [0.4, 0.5) is 0 Å². The number of carbonyl (C=O) groups excluding carboxylic acids is 1. The average Bonchev–Trinajstić information content (AvgIpc) is 3.15. The number of aromatic nitrogens is 3. The lowest BCUT2D eigenvalue weighted by Crippen LogP contribution is -2.34. The van der Waals surface area contributed by atoms with Crippen LogP contribution in [0.2, 0.25) is 0 Å². The molecule has 0 aliphatic rings. The molecule has 1 amide bonds. The molecule has 1 aromatic carbocycles. The number of rotatable bonds is 9. The lowest BCUT2D eigenvalue weighted by atomic mass is 10.0. The maximum atomic E-state index is 12.4. The van der Waals surface area contributed by atoms with Crippen molar-refractivity contribution in [1.82, 2.24) is 19.7 Å². The van der Waals surface area contributed by atoms with Gasteiger partial charge in [-0.05, 0) is 23.6 Å². The molecule has 0 bridgehead atoms. The Morgan fingerprint density at radius 1 is 1.19 bits per heavy atom. The van der Waals surface area contributed by atoms with Gasteiger partial charge in [-0.25, -0.2) is 0 Å². The Kier molecular flexibility index (Phi) is 7.84. The highest BCUT2D eigenvalue weighted by molar-refractivity contribution is 7.99. The molecule has 0 radical (unpaired) electrons. The van der Waals surface area contributed by atoms with E-state index in [-0.39, 0.29) is 24.5 Å². The molecule has 27 heavy (non-hydrogen) atoms. The molecule has 0 unspecified atom stereocenters. The third-order valence-electron chi connectivity index (χ3n) is 4.02. The summed E-state index contributed by atoms with van der Waals surface area (Å²) in [5.74, 6) is 0.522. The van der Waals surface area contributed by atoms with E-state index in [1.54, 1.807) is 11.2 Å². The van der Waals surface area contributed by atoms with Gasteiger partial charge < -0.3 is 4.90 Å². The Morgan fingerprint density at radius 2 is 1.81 bits per heavy atom. The lowest BCUT2D eigenvalue weighted by Gasteiger charge is -2.20. The maximum Gasteiger partial charge on any atom is 0.233 e. The normalized spacial score (nSPS) is 10.4. The number of nitrogens with zero attached hydrogens (tertiary/aromatic N) is 6. The number of benzene rings is 1. The standard InChI is InChI=1S/C19H22N6OS/c1-15(2)16-5-7-17(8-6-16)25-14-22-23-19(25)27-13-18(26)24(11-3-9-20)12-4-10-21/h5-8,14-15H,3-4,11-13H2,1-2H3. The predicted octanol–water partition coefficient (Wildman–Crippen LogP) is 3.14. The summed E-state index contributed by atoms with van der Waals surface area (Å²) < 4.78 is 1.84. The molecular formula is C19H22N6OS. The van der Waals surface area contributed by atoms with Gasteiger partial charge in [0.25, 0.3) is 0 Å². The zero-order valence-corrected chi connectivity index (χ0v) is 16.3. The fourth-order valence-corrected chi connectivity index (χ4v) is 3.30. The molecule has 140 valence electrons. The SMILES string of the molecule is CC(C)c1ccc(-n2cnnc2SCC(=O)N(CCC#N)CCC#N)cc1. The zero-order chi connectivity index (χ0) is 19.6. The summed E-state index contributed by atoms with van der Waals surface area (Å²) in [4.78, 5) is 14.0. The van der Waals surface area contributed by atoms with Crippen molar-refractivity contribution < 1.29 is 4.79 Å². The van der Waals surface area contributed by atoms with Gasteiger partial charge in [0, 0.05) is 18.8 Å². The molecule has 0 fully saturated rings. The molecule has 0 atom stereocenters. The minimum Gasteiger partial charge on any atom is -0.340 e. The molecule has 0 aliphatic carbocycles. The Morgan fingerprint density at radius 3 is 2.37 bits per heavy atom. The van der Waals surface area contributed by atoms with Crippen LogP contribution in [-0.2, 0) is 4.79 Å². The van der Waals surface area contributed by atoms with Gasteiger partial charge in [-0.15, -0.1) is 10.2 Å². The lowest BCUT2D eigenvalue weighted by molar-refractivity contribution is -0.128. The highest BCUT2D eigenvalue weighted by Crippen LogP contribution is 2.22. The number of amides is 1. The van der Waals surface area contributed by atoms with Crippen molar-refractivity contribution in [3.63, 3.8) is 0 Å². The second kappa shape index (κ2) is 10.3. The molecule has 8 heteroatoms. The summed E-state index contributed by atoms with van der Waals surface area (Å²) in [5.41, 5.74) is 2.19. The molecular weight excluding hydrogens is 360 g/mol. The number of nitriles is 2. The smallest absolute Gasteiger partial charge is 0.233 e. The van der Waals surface area contributed by atoms with Crippen molar-refractivity contribution in [2.45, 2.75) is 37.8 Å². The van der Waals surface area contributed by atoms with E-state index >= 15 is 0 Å². The largest absolute Gasteiger partial charge is 0.340 e. The van der Waals surface area contributed by atoms with Crippen molar-refractivity contribution in [1.29, 1.82) is 10.5 Å². The minimum atomic E-state index is -0.116. The van der Waals surface area contributed by atoms with Crippen LogP contribution in [-0.4, -0.2) is 44.4 Å². The highest BCUT2D eigenvalue weighted by Gasteiger charge is 2.16. The molecule has 1 aromatic heterocycles. The van der Waals surface area contributed by atoms with Gasteiger partial charge in [-0.2, -0.15) is 10.5 Å². The average molecular weight is 382 g/mol. The van der Waals surface area contributed by atoms with E-state index in [9.17, 15) is 4.79 Å². The molecule has 7 nitrogen and oxygen atoms in total. The van der Waals surface area contributed by atoms with E-state index in [1.165, 1.54) is 17.3 Å². The quantitative estimate of drug-likeness (QED) is 0.618. The highest BCUT2D eigenvalue weighted by atomic mass is 32.2. The van der Waals surface area contributed by atoms with Crippen molar-refractivity contribution in [2.75, 3.05) is 18.8 Å². The van der Waals surface area contributed by atoms with Crippen LogP contribution in [0.3, 0.4) is 0 Å². The fraction of sp³-hybridized carbons (Fsp3) is 0.421. The fourth-order valence-electron chi connectivity index (χ4n) is 2.47. The first-order chi connectivity index (χ1) is 13.1. The summed E-state index contributed by atoms with van der Waals surface area (Å²) in [5, 5.41) is 26.2. The molecule has 0 saturated heterocycles. The molecule has 0 spiro atoms. The summed E-state index contributed by atoms with van der Waals surface area (Å²) in [7, 11) is 0. The summed E-state index contributed by atoms with van der Waals surface area (Å²) >= 11 is 1.29. The number of carbonyl (C=O) groups is 1. The first-order valence-corrected chi connectivity index (χ1v) is 9.70. The van der Waals surface area contributed by atoms with Gasteiger partial charge in [0.05, 0.1) is 30.7 Å². The predicted molar refractivity (Wildman–Crippen MR) is 103 cm³/mol. The van der Waals surface area contributed by atoms with Gasteiger partial charge >= 0.3 is 0 Å². The maximum absolute atomic E-state index is 12.4. The minimum absolute atomic E-state index is 0.116. The molecule has 0 N–H and O–H groups in total. The van der Waals surface area contributed by atoms with E-state index in [2.05, 4.69) is 36.2 Å². The summed E-state index contributed by atoms with van der Waals surface area (Å²) in [6.07, 6.45) is 2.13. The number of hydrogen-bond donors (Lipinski definition) is 0. The zero-order valence-electron chi connectivity index (χ0n) is 15.5. The van der Waals surface area contributed by atoms with Gasteiger partial charge in [-0.3, -0.25) is 9.36 Å². The second-order valence-corrected chi connectivity index (χ2v) is 7.16. The molecule has 1 heterocycles. The van der Waals surface area contributed by atoms with Crippen molar-refractivity contribution in [3.8, 4) is 17.8 Å². The van der Waals surface area contributed by atoms with E-state index in [4.69, 9.17) is 10.5 Å². The topological polar surface area (TPSA) is 98.6 Å². The van der Waals surface area contributed by atoms with Crippen LogP contribution in [0.5, 0.6) is 0 Å². The number of hydrogen-bond acceptors (Lipinski definition) is 6. The third-order valence-corrected chi connectivity index (χ3v) is 4.95. The van der Waals surface area contributed by atoms with E-state index in [0.29, 0.717) is 24.2 Å². The Bertz CT molecular complexity index is 813. The van der Waals surface area contributed by atoms with Crippen molar-refractivity contribution in [3.05, 3.63) is 36.2 Å². The van der Waals surface area contributed by atoms with Crippen LogP contribution < -0.4 is 0 Å². The van der Waals surface area contributed by atoms with E-state index < -0.39 is 0 Å². The van der Waals surface area contributed by atoms with E-state index in [0.717, 1.165) is 5.69 Å². The van der Waals surface area contributed by atoms with Crippen molar-refractivity contribution >= 4 is 17.7 Å². The van der Waals surface area contributed by atoms with Gasteiger partial charge in [-0.1, -0.05) is 37.7 Å². The van der Waals surface area contributed by atoms with Crippen LogP contribution in [0.15, 0.2) is 35.7 Å². The Hall–Kier alpha value is -2.84. The first kappa shape index (κ1) is 20.5. The van der Waals surface area contributed by atoms with Crippen LogP contribution in [0, 0.1) is 22.7 Å². The number of thioether (sulfide) groups is 1. The Labute approximate surface area is 163 Å². The van der Waals surface area contributed by atoms with Crippen LogP contribution in [0.1, 0.15) is 38.2 Å². The van der Waals surface area contributed by atoms with Crippen LogP contribution in [0.25, 0.3) is 5.69 Å². The third kappa shape index (κ3) is 5.83. The van der Waals surface area contributed by atoms with Crippen LogP contribution >= 0.6 is 11.8 Å². The summed E-state index contributed by atoms with van der Waals surface area (Å²) in [6, 6.07) is 12.2. The molecule has 0 saturated carbocycles. The molecule has 2 rings (SSSR count). The summed E-state index contributed by atoms with van der Waals surface area (Å²) in [6.45, 7) is 4.96. The van der Waals surface area contributed by atoms with Crippen molar-refractivity contribution in [2.24, 2.45) is 0 Å².